The summed E-state index contributed by atoms with van der Waals surface area (Å²) in [5.74, 6) is -1.50. The van der Waals surface area contributed by atoms with E-state index in [0.29, 0.717) is 11.1 Å². The van der Waals surface area contributed by atoms with Crippen LogP contribution in [0.25, 0.3) is 0 Å². The number of benzene rings is 2. The number of halogens is 2. The lowest BCUT2D eigenvalue weighted by Crippen LogP contribution is -2.46. The third kappa shape index (κ3) is 2.25. The molecule has 25 heavy (non-hydrogen) atoms. The Balaban J connectivity index is 1.91. The molecular formula is C15H10F2N4O4. The Labute approximate surface area is 139 Å². The van der Waals surface area contributed by atoms with Gasteiger partial charge in [-0.2, -0.15) is 0 Å². The van der Waals surface area contributed by atoms with Crippen LogP contribution in [0.4, 0.5) is 31.5 Å². The van der Waals surface area contributed by atoms with Crippen LogP contribution in [0.1, 0.15) is 11.1 Å². The summed E-state index contributed by atoms with van der Waals surface area (Å²) in [6.07, 6.45) is 0. The second-order valence-electron chi connectivity index (χ2n) is 5.92. The van der Waals surface area contributed by atoms with Crippen LogP contribution in [0.15, 0.2) is 24.3 Å². The van der Waals surface area contributed by atoms with Crippen molar-refractivity contribution in [2.75, 3.05) is 16.5 Å². The zero-order valence-corrected chi connectivity index (χ0v) is 12.6. The number of anilines is 2. The molecule has 0 saturated heterocycles. The topological polar surface area (TPSA) is 92.8 Å². The van der Waals surface area contributed by atoms with Gasteiger partial charge in [0.1, 0.15) is 23.0 Å². The van der Waals surface area contributed by atoms with E-state index in [1.165, 1.54) is 12.1 Å². The molecule has 8 nitrogen and oxygen atoms in total. The molecule has 4 rings (SSSR count). The molecule has 2 aliphatic heterocycles. The maximum absolute atomic E-state index is 13.7. The van der Waals surface area contributed by atoms with Gasteiger partial charge in [0.05, 0.1) is 28.6 Å². The third-order valence-electron chi connectivity index (χ3n) is 4.36. The van der Waals surface area contributed by atoms with Gasteiger partial charge in [-0.1, -0.05) is 0 Å². The molecule has 2 aromatic carbocycles. The molecule has 128 valence electrons. The van der Waals surface area contributed by atoms with Crippen LogP contribution in [-0.2, 0) is 13.1 Å². The highest BCUT2D eigenvalue weighted by molar-refractivity contribution is 5.78. The van der Waals surface area contributed by atoms with E-state index in [4.69, 9.17) is 0 Å². The molecule has 0 N–H and O–H groups in total. The molecular weight excluding hydrogens is 338 g/mol. The predicted molar refractivity (Wildman–Crippen MR) is 83.3 cm³/mol. The van der Waals surface area contributed by atoms with Crippen molar-refractivity contribution in [1.82, 2.24) is 0 Å². The quantitative estimate of drug-likeness (QED) is 0.612. The van der Waals surface area contributed by atoms with Crippen molar-refractivity contribution in [2.24, 2.45) is 0 Å². The van der Waals surface area contributed by atoms with Crippen molar-refractivity contribution >= 4 is 22.7 Å². The zero-order chi connectivity index (χ0) is 17.9. The monoisotopic (exact) mass is 348 g/mol. The fourth-order valence-corrected chi connectivity index (χ4v) is 3.55. The van der Waals surface area contributed by atoms with Crippen LogP contribution in [0.2, 0.25) is 0 Å². The highest BCUT2D eigenvalue weighted by atomic mass is 19.1. The van der Waals surface area contributed by atoms with E-state index in [0.717, 1.165) is 12.1 Å². The average Bonchev–Trinajstić information content (AvgIpc) is 2.52. The van der Waals surface area contributed by atoms with Gasteiger partial charge in [-0.3, -0.25) is 20.2 Å². The average molecular weight is 348 g/mol. The van der Waals surface area contributed by atoms with Crippen LogP contribution in [0.5, 0.6) is 0 Å². The van der Waals surface area contributed by atoms with E-state index < -0.39 is 21.5 Å². The predicted octanol–water partition coefficient (Wildman–Crippen LogP) is 3.08. The molecule has 0 saturated carbocycles. The summed E-state index contributed by atoms with van der Waals surface area (Å²) in [6, 6.07) is 4.06. The van der Waals surface area contributed by atoms with Crippen molar-refractivity contribution in [3.8, 4) is 0 Å². The molecule has 0 atom stereocenters. The van der Waals surface area contributed by atoms with E-state index >= 15 is 0 Å². The fraction of sp³-hybridized carbons (Fsp3) is 0.200. The van der Waals surface area contributed by atoms with Gasteiger partial charge in [-0.15, -0.1) is 0 Å². The Bertz CT molecular complexity index is 874. The van der Waals surface area contributed by atoms with Crippen molar-refractivity contribution in [3.05, 3.63) is 67.3 Å². The molecule has 0 amide bonds. The molecule has 2 bridgehead atoms. The minimum atomic E-state index is -0.748. The first-order valence-electron chi connectivity index (χ1n) is 7.28. The van der Waals surface area contributed by atoms with E-state index in [1.807, 2.05) is 0 Å². The van der Waals surface area contributed by atoms with Gasteiger partial charge in [0.15, 0.2) is 0 Å². The van der Waals surface area contributed by atoms with E-state index in [9.17, 15) is 29.0 Å². The van der Waals surface area contributed by atoms with Crippen LogP contribution >= 0.6 is 0 Å². The number of nitro groups is 2. The Morgan fingerprint density at radius 1 is 0.800 bits per heavy atom. The van der Waals surface area contributed by atoms with Crippen LogP contribution in [0.3, 0.4) is 0 Å². The third-order valence-corrected chi connectivity index (χ3v) is 4.36. The molecule has 2 aromatic rings. The zero-order valence-electron chi connectivity index (χ0n) is 12.6. The standard InChI is InChI=1S/C15H10F2N4O4/c16-10-1-8-5-18-7-19(14(8)12(3-10)20(22)23)6-9-2-11(17)4-13(15(9)18)21(24)25/h1-4H,5-7H2. The lowest BCUT2D eigenvalue weighted by atomic mass is 9.99. The van der Waals surface area contributed by atoms with Crippen molar-refractivity contribution < 1.29 is 18.6 Å². The number of fused-ring (bicyclic) bond motifs is 6. The highest BCUT2D eigenvalue weighted by Crippen LogP contribution is 2.46. The maximum atomic E-state index is 13.7. The minimum Gasteiger partial charge on any atom is -0.344 e. The first-order valence-corrected chi connectivity index (χ1v) is 7.28. The summed E-state index contributed by atoms with van der Waals surface area (Å²) in [7, 11) is 0. The molecule has 0 radical (unpaired) electrons. The number of hydrogen-bond donors (Lipinski definition) is 0. The molecule has 10 heteroatoms. The number of hydrogen-bond acceptors (Lipinski definition) is 6. The van der Waals surface area contributed by atoms with Gasteiger partial charge in [0, 0.05) is 24.2 Å². The van der Waals surface area contributed by atoms with Gasteiger partial charge in [-0.05, 0) is 12.1 Å². The molecule has 2 aliphatic rings. The fourth-order valence-electron chi connectivity index (χ4n) is 3.55. The van der Waals surface area contributed by atoms with Gasteiger partial charge in [-0.25, -0.2) is 8.78 Å². The van der Waals surface area contributed by atoms with Crippen LogP contribution in [-0.4, -0.2) is 16.5 Å². The summed E-state index contributed by atoms with van der Waals surface area (Å²) in [5.41, 5.74) is 0.512. The van der Waals surface area contributed by atoms with Gasteiger partial charge >= 0.3 is 0 Å². The number of nitro benzene ring substituents is 2. The first-order chi connectivity index (χ1) is 11.8. The molecule has 0 spiro atoms. The summed E-state index contributed by atoms with van der Waals surface area (Å²) in [5, 5.41) is 22.6. The Morgan fingerprint density at radius 3 is 1.56 bits per heavy atom. The van der Waals surface area contributed by atoms with Crippen molar-refractivity contribution in [3.63, 3.8) is 0 Å². The van der Waals surface area contributed by atoms with Crippen molar-refractivity contribution in [1.29, 1.82) is 0 Å². The van der Waals surface area contributed by atoms with E-state index in [1.54, 1.807) is 9.80 Å². The summed E-state index contributed by atoms with van der Waals surface area (Å²) >= 11 is 0. The molecule has 2 heterocycles. The van der Waals surface area contributed by atoms with Crippen molar-refractivity contribution in [2.45, 2.75) is 13.1 Å². The summed E-state index contributed by atoms with van der Waals surface area (Å²) in [4.78, 5) is 24.4. The Hall–Kier alpha value is -3.30. The summed E-state index contributed by atoms with van der Waals surface area (Å²) < 4.78 is 27.5. The SMILES string of the molecule is O=[N+]([O-])c1cc(F)cc2c1N1Cc3cc(F)cc([N+](=O)[O-])c3N(C2)C1. The number of rotatable bonds is 2. The molecule has 0 unspecified atom stereocenters. The smallest absolute Gasteiger partial charge is 0.295 e. The Morgan fingerprint density at radius 2 is 1.20 bits per heavy atom. The number of nitrogens with zero attached hydrogens (tertiary/aromatic N) is 4. The minimum absolute atomic E-state index is 0.0594. The second kappa shape index (κ2) is 5.10. The van der Waals surface area contributed by atoms with Gasteiger partial charge < -0.3 is 9.80 Å². The molecule has 0 aromatic heterocycles. The van der Waals surface area contributed by atoms with Crippen LogP contribution < -0.4 is 9.80 Å². The normalized spacial score (nSPS) is 14.8. The van der Waals surface area contributed by atoms with Crippen LogP contribution in [0, 0.1) is 31.9 Å². The second-order valence-corrected chi connectivity index (χ2v) is 5.92. The highest BCUT2D eigenvalue weighted by Gasteiger charge is 2.38. The van der Waals surface area contributed by atoms with E-state index in [-0.39, 0.29) is 42.5 Å². The lowest BCUT2D eigenvalue weighted by Gasteiger charge is -2.43. The van der Waals surface area contributed by atoms with E-state index in [2.05, 4.69) is 0 Å². The largest absolute Gasteiger partial charge is 0.344 e. The summed E-state index contributed by atoms with van der Waals surface area (Å²) in [6.45, 7) is 0.284. The maximum Gasteiger partial charge on any atom is 0.295 e. The molecule has 0 aliphatic carbocycles. The molecule has 0 fully saturated rings. The van der Waals surface area contributed by atoms with Gasteiger partial charge in [0.25, 0.3) is 11.4 Å². The lowest BCUT2D eigenvalue weighted by molar-refractivity contribution is -0.384. The first kappa shape index (κ1) is 15.2. The van der Waals surface area contributed by atoms with Gasteiger partial charge in [0.2, 0.25) is 0 Å². The Kier molecular flexibility index (Phi) is 3.11.